The Morgan fingerprint density at radius 1 is 1.33 bits per heavy atom. The molecule has 72 valence electrons. The molecule has 1 unspecified atom stereocenters. The van der Waals surface area contributed by atoms with Crippen LogP contribution in [0.15, 0.2) is 0 Å². The van der Waals surface area contributed by atoms with E-state index in [1.807, 2.05) is 6.92 Å². The summed E-state index contributed by atoms with van der Waals surface area (Å²) >= 11 is 0. The van der Waals surface area contributed by atoms with Crippen LogP contribution < -0.4 is 0 Å². The van der Waals surface area contributed by atoms with Crippen molar-refractivity contribution in [3.63, 3.8) is 0 Å². The first-order valence-electron chi connectivity index (χ1n) is 5.13. The van der Waals surface area contributed by atoms with Gasteiger partial charge in [-0.05, 0) is 32.6 Å². The van der Waals surface area contributed by atoms with E-state index in [2.05, 4.69) is 6.92 Å². The Bertz CT molecular complexity index is 110. The third-order valence-corrected chi connectivity index (χ3v) is 2.01. The lowest BCUT2D eigenvalue weighted by molar-refractivity contribution is -0.150. The second kappa shape index (κ2) is 5.55. The van der Waals surface area contributed by atoms with Crippen molar-refractivity contribution in [2.24, 2.45) is 0 Å². The van der Waals surface area contributed by atoms with Gasteiger partial charge in [-0.2, -0.15) is 0 Å². The van der Waals surface area contributed by atoms with Crippen LogP contribution >= 0.6 is 0 Å². The maximum atomic E-state index is 5.68. The summed E-state index contributed by atoms with van der Waals surface area (Å²) in [7, 11) is 0. The summed E-state index contributed by atoms with van der Waals surface area (Å²) in [6.45, 7) is 4.98. The van der Waals surface area contributed by atoms with Gasteiger partial charge in [0.15, 0.2) is 6.29 Å². The normalized spacial score (nSPS) is 19.5. The first kappa shape index (κ1) is 10.0. The molecule has 1 atom stereocenters. The lowest BCUT2D eigenvalue weighted by Crippen LogP contribution is -2.18. The minimum absolute atomic E-state index is 0.0717. The molecule has 0 aliphatic heterocycles. The Labute approximate surface area is 75.2 Å². The summed E-state index contributed by atoms with van der Waals surface area (Å²) in [5.74, 6) is 0. The molecule has 0 radical (unpaired) electrons. The predicted molar refractivity (Wildman–Crippen MR) is 49.0 cm³/mol. The van der Waals surface area contributed by atoms with Crippen molar-refractivity contribution >= 4 is 0 Å². The maximum absolute atomic E-state index is 5.68. The average molecular weight is 172 g/mol. The second-order valence-corrected chi connectivity index (χ2v) is 3.36. The molecule has 0 bridgehead atoms. The van der Waals surface area contributed by atoms with Crippen LogP contribution in [-0.2, 0) is 9.47 Å². The van der Waals surface area contributed by atoms with Gasteiger partial charge >= 0.3 is 0 Å². The summed E-state index contributed by atoms with van der Waals surface area (Å²) in [5.41, 5.74) is 0. The van der Waals surface area contributed by atoms with Crippen LogP contribution in [0.5, 0.6) is 0 Å². The summed E-state index contributed by atoms with van der Waals surface area (Å²) in [6.07, 6.45) is 6.53. The molecule has 1 fully saturated rings. The van der Waals surface area contributed by atoms with Crippen molar-refractivity contribution in [2.75, 3.05) is 6.61 Å². The van der Waals surface area contributed by atoms with E-state index in [0.29, 0.717) is 6.10 Å². The fourth-order valence-corrected chi connectivity index (χ4v) is 1.17. The van der Waals surface area contributed by atoms with E-state index >= 15 is 0 Å². The summed E-state index contributed by atoms with van der Waals surface area (Å²) in [4.78, 5) is 0. The molecule has 1 aliphatic rings. The van der Waals surface area contributed by atoms with Gasteiger partial charge in [0.2, 0.25) is 0 Å². The monoisotopic (exact) mass is 172 g/mol. The van der Waals surface area contributed by atoms with Gasteiger partial charge in [0.25, 0.3) is 0 Å². The molecule has 0 aromatic rings. The summed E-state index contributed by atoms with van der Waals surface area (Å²) < 4.78 is 11.2. The zero-order chi connectivity index (χ0) is 8.81. The van der Waals surface area contributed by atoms with Crippen molar-refractivity contribution in [1.82, 2.24) is 0 Å². The zero-order valence-corrected chi connectivity index (χ0v) is 8.21. The fourth-order valence-electron chi connectivity index (χ4n) is 1.17. The van der Waals surface area contributed by atoms with Crippen molar-refractivity contribution in [3.8, 4) is 0 Å². The van der Waals surface area contributed by atoms with Crippen molar-refractivity contribution in [1.29, 1.82) is 0 Å². The van der Waals surface area contributed by atoms with Crippen LogP contribution in [0.25, 0.3) is 0 Å². The molecule has 2 nitrogen and oxygen atoms in total. The molecular weight excluding hydrogens is 152 g/mol. The van der Waals surface area contributed by atoms with Gasteiger partial charge in [0, 0.05) is 6.61 Å². The average Bonchev–Trinajstić information content (AvgIpc) is 2.84. The van der Waals surface area contributed by atoms with Crippen LogP contribution in [0.4, 0.5) is 0 Å². The largest absolute Gasteiger partial charge is 0.353 e. The Morgan fingerprint density at radius 2 is 2.08 bits per heavy atom. The topological polar surface area (TPSA) is 18.5 Å². The zero-order valence-electron chi connectivity index (χ0n) is 8.21. The van der Waals surface area contributed by atoms with Gasteiger partial charge in [-0.25, -0.2) is 0 Å². The highest BCUT2D eigenvalue weighted by Gasteiger charge is 2.26. The van der Waals surface area contributed by atoms with E-state index in [1.165, 1.54) is 25.7 Å². The number of ether oxygens (including phenoxy) is 2. The van der Waals surface area contributed by atoms with Gasteiger partial charge in [-0.3, -0.25) is 0 Å². The highest BCUT2D eigenvalue weighted by atomic mass is 16.7. The third-order valence-electron chi connectivity index (χ3n) is 2.01. The first-order chi connectivity index (χ1) is 5.86. The first-order valence-corrected chi connectivity index (χ1v) is 5.13. The number of unbranched alkanes of at least 4 members (excludes halogenated alkanes) is 1. The fraction of sp³-hybridized carbons (Fsp3) is 1.00. The van der Waals surface area contributed by atoms with Crippen LogP contribution in [-0.4, -0.2) is 19.0 Å². The van der Waals surface area contributed by atoms with E-state index in [1.54, 1.807) is 0 Å². The molecule has 12 heavy (non-hydrogen) atoms. The van der Waals surface area contributed by atoms with Crippen molar-refractivity contribution in [3.05, 3.63) is 0 Å². The van der Waals surface area contributed by atoms with Gasteiger partial charge in [0.05, 0.1) is 6.10 Å². The molecule has 0 spiro atoms. The Balaban J connectivity index is 2.07. The van der Waals surface area contributed by atoms with E-state index < -0.39 is 0 Å². The van der Waals surface area contributed by atoms with Crippen molar-refractivity contribution < 1.29 is 9.47 Å². The minimum Gasteiger partial charge on any atom is -0.353 e. The Kier molecular flexibility index (Phi) is 4.62. The van der Waals surface area contributed by atoms with Crippen LogP contribution in [0, 0.1) is 0 Å². The molecule has 2 heteroatoms. The summed E-state index contributed by atoms with van der Waals surface area (Å²) in [5, 5.41) is 0. The predicted octanol–water partition coefficient (Wildman–Crippen LogP) is 2.72. The molecule has 1 saturated carbocycles. The number of hydrogen-bond acceptors (Lipinski definition) is 2. The van der Waals surface area contributed by atoms with E-state index in [4.69, 9.17) is 9.47 Å². The van der Waals surface area contributed by atoms with Crippen molar-refractivity contribution in [2.45, 2.75) is 58.3 Å². The molecular formula is C10H20O2. The van der Waals surface area contributed by atoms with Gasteiger partial charge in [-0.1, -0.05) is 13.3 Å². The van der Waals surface area contributed by atoms with Crippen LogP contribution in [0.1, 0.15) is 46.0 Å². The standard InChI is InChI=1S/C10H20O2/c1-3-5-6-10(11-4-2)12-9-7-8-9/h9-10H,3-8H2,1-2H3. The van der Waals surface area contributed by atoms with Crippen LogP contribution in [0.3, 0.4) is 0 Å². The SMILES string of the molecule is CCCCC(OCC)OC1CC1. The van der Waals surface area contributed by atoms with Gasteiger partial charge in [0.1, 0.15) is 0 Å². The lowest BCUT2D eigenvalue weighted by Gasteiger charge is -2.16. The summed E-state index contributed by atoms with van der Waals surface area (Å²) in [6, 6.07) is 0. The molecule has 0 aromatic carbocycles. The molecule has 1 aliphatic carbocycles. The lowest BCUT2D eigenvalue weighted by atomic mass is 10.2. The molecule has 1 rings (SSSR count). The number of rotatable bonds is 7. The molecule has 0 heterocycles. The minimum atomic E-state index is 0.0717. The smallest absolute Gasteiger partial charge is 0.157 e. The highest BCUT2D eigenvalue weighted by Crippen LogP contribution is 2.26. The Hall–Kier alpha value is -0.0800. The van der Waals surface area contributed by atoms with E-state index in [-0.39, 0.29) is 6.29 Å². The van der Waals surface area contributed by atoms with E-state index in [9.17, 15) is 0 Å². The molecule has 0 aromatic heterocycles. The van der Waals surface area contributed by atoms with E-state index in [0.717, 1.165) is 13.0 Å². The molecule has 0 saturated heterocycles. The number of hydrogen-bond donors (Lipinski definition) is 0. The Morgan fingerprint density at radius 3 is 2.58 bits per heavy atom. The van der Waals surface area contributed by atoms with Gasteiger partial charge < -0.3 is 9.47 Å². The van der Waals surface area contributed by atoms with Gasteiger partial charge in [-0.15, -0.1) is 0 Å². The maximum Gasteiger partial charge on any atom is 0.157 e. The third kappa shape index (κ3) is 4.07. The second-order valence-electron chi connectivity index (χ2n) is 3.36. The van der Waals surface area contributed by atoms with Crippen LogP contribution in [0.2, 0.25) is 0 Å². The molecule has 0 amide bonds. The quantitative estimate of drug-likeness (QED) is 0.550. The molecule has 0 N–H and O–H groups in total. The highest BCUT2D eigenvalue weighted by molar-refractivity contribution is 4.73.